The number of hydrogen-bond donors (Lipinski definition) is 1. The van der Waals surface area contributed by atoms with Crippen molar-refractivity contribution in [3.63, 3.8) is 0 Å². The summed E-state index contributed by atoms with van der Waals surface area (Å²) in [6, 6.07) is 13.0. The number of amides is 1. The molecule has 2 aromatic rings. The minimum absolute atomic E-state index is 0.0149. The average molecular weight is 340 g/mol. The van der Waals surface area contributed by atoms with E-state index in [-0.39, 0.29) is 29.6 Å². The summed E-state index contributed by atoms with van der Waals surface area (Å²) in [4.78, 5) is 26.0. The number of hydrogen-bond acceptors (Lipinski definition) is 3. The molecule has 0 bridgehead atoms. The molecule has 0 spiro atoms. The number of benzene rings is 2. The Balaban J connectivity index is 1.75. The quantitative estimate of drug-likeness (QED) is 0.870. The van der Waals surface area contributed by atoms with Crippen LogP contribution in [0.25, 0.3) is 0 Å². The van der Waals surface area contributed by atoms with Crippen molar-refractivity contribution in [3.8, 4) is 0 Å². The number of nitrogens with one attached hydrogen (secondary N) is 1. The Labute approximate surface area is 146 Å². The van der Waals surface area contributed by atoms with E-state index < -0.39 is 0 Å². The van der Waals surface area contributed by atoms with Gasteiger partial charge in [-0.05, 0) is 50.2 Å². The zero-order valence-corrected chi connectivity index (χ0v) is 14.3. The maximum absolute atomic E-state index is 13.2. The van der Waals surface area contributed by atoms with Crippen LogP contribution in [0.2, 0.25) is 0 Å². The second kappa shape index (κ2) is 7.15. The molecule has 0 unspecified atom stereocenters. The summed E-state index contributed by atoms with van der Waals surface area (Å²) >= 11 is 0. The molecule has 1 aliphatic heterocycles. The minimum Gasteiger partial charge on any atom is -0.347 e. The molecule has 0 aromatic heterocycles. The number of nitrogens with zero attached hydrogens (tertiary/aromatic N) is 1. The lowest BCUT2D eigenvalue weighted by Crippen LogP contribution is -2.39. The highest BCUT2D eigenvalue weighted by molar-refractivity contribution is 5.97. The number of ketones is 1. The largest absolute Gasteiger partial charge is 0.347 e. The molecule has 1 fully saturated rings. The summed E-state index contributed by atoms with van der Waals surface area (Å²) in [5.74, 6) is -0.459. The van der Waals surface area contributed by atoms with Crippen LogP contribution < -0.4 is 5.32 Å². The van der Waals surface area contributed by atoms with E-state index in [2.05, 4.69) is 10.2 Å². The molecular formula is C20H21FN2O2. The fourth-order valence-electron chi connectivity index (χ4n) is 3.35. The first-order valence-electron chi connectivity index (χ1n) is 8.33. The van der Waals surface area contributed by atoms with Gasteiger partial charge in [-0.3, -0.25) is 14.5 Å². The Kier molecular flexibility index (Phi) is 4.95. The molecule has 1 aliphatic rings. The van der Waals surface area contributed by atoms with Crippen molar-refractivity contribution in [1.29, 1.82) is 0 Å². The molecule has 1 heterocycles. The molecule has 0 radical (unpaired) electrons. The highest BCUT2D eigenvalue weighted by Gasteiger charge is 2.34. The Hall–Kier alpha value is -2.53. The molecule has 25 heavy (non-hydrogen) atoms. The molecule has 5 heteroatoms. The van der Waals surface area contributed by atoms with Crippen LogP contribution in [-0.2, 0) is 0 Å². The SMILES string of the molecule is CC(=O)c1ccc(C(=O)N[C@H]2CCN(C)[C@H]2c2ccc(F)cc2)cc1. The molecule has 1 N–H and O–H groups in total. The van der Waals surface area contributed by atoms with Gasteiger partial charge in [-0.15, -0.1) is 0 Å². The number of likely N-dealkylation sites (N-methyl/N-ethyl adjacent to an activating group) is 1. The highest BCUT2D eigenvalue weighted by atomic mass is 19.1. The fourth-order valence-corrected chi connectivity index (χ4v) is 3.35. The first-order chi connectivity index (χ1) is 12.0. The van der Waals surface area contributed by atoms with Crippen LogP contribution in [0.3, 0.4) is 0 Å². The Morgan fingerprint density at radius 3 is 2.24 bits per heavy atom. The average Bonchev–Trinajstić information content (AvgIpc) is 2.96. The van der Waals surface area contributed by atoms with Crippen molar-refractivity contribution in [2.24, 2.45) is 0 Å². The van der Waals surface area contributed by atoms with Crippen molar-refractivity contribution < 1.29 is 14.0 Å². The summed E-state index contributed by atoms with van der Waals surface area (Å²) < 4.78 is 13.2. The van der Waals surface area contributed by atoms with E-state index in [0.29, 0.717) is 11.1 Å². The number of rotatable bonds is 4. The molecule has 0 aliphatic carbocycles. The number of carbonyl (C=O) groups is 2. The third-order valence-electron chi connectivity index (χ3n) is 4.73. The van der Waals surface area contributed by atoms with E-state index in [1.165, 1.54) is 19.1 Å². The minimum atomic E-state index is -0.268. The van der Waals surface area contributed by atoms with Crippen LogP contribution in [-0.4, -0.2) is 36.2 Å². The second-order valence-corrected chi connectivity index (χ2v) is 6.48. The normalized spacial score (nSPS) is 20.4. The molecule has 3 rings (SSSR count). The molecular weight excluding hydrogens is 319 g/mol. The Morgan fingerprint density at radius 2 is 1.64 bits per heavy atom. The highest BCUT2D eigenvalue weighted by Crippen LogP contribution is 2.31. The van der Waals surface area contributed by atoms with Crippen molar-refractivity contribution in [3.05, 3.63) is 71.0 Å². The van der Waals surface area contributed by atoms with Gasteiger partial charge < -0.3 is 5.32 Å². The van der Waals surface area contributed by atoms with Gasteiger partial charge in [-0.1, -0.05) is 24.3 Å². The third-order valence-corrected chi connectivity index (χ3v) is 4.73. The van der Waals surface area contributed by atoms with E-state index >= 15 is 0 Å². The van der Waals surface area contributed by atoms with Gasteiger partial charge in [-0.2, -0.15) is 0 Å². The van der Waals surface area contributed by atoms with Gasteiger partial charge in [0.05, 0.1) is 12.1 Å². The maximum atomic E-state index is 13.2. The Bertz CT molecular complexity index is 771. The standard InChI is InChI=1S/C20H21FN2O2/c1-13(24)14-3-5-16(6-4-14)20(25)22-18-11-12-23(2)19(18)15-7-9-17(21)10-8-15/h3-10,18-19H,11-12H2,1-2H3,(H,22,25)/t18-,19-/m0/s1. The fraction of sp³-hybridized carbons (Fsp3) is 0.300. The maximum Gasteiger partial charge on any atom is 0.251 e. The summed E-state index contributed by atoms with van der Waals surface area (Å²) in [7, 11) is 2.00. The topological polar surface area (TPSA) is 49.4 Å². The Morgan fingerprint density at radius 1 is 1.04 bits per heavy atom. The monoisotopic (exact) mass is 340 g/mol. The molecule has 2 atom stereocenters. The third kappa shape index (κ3) is 3.77. The molecule has 1 saturated heterocycles. The number of Topliss-reactive ketones (excluding diaryl/α,β-unsaturated/α-hetero) is 1. The predicted octanol–water partition coefficient (Wildman–Crippen LogP) is 3.20. The lowest BCUT2D eigenvalue weighted by atomic mass is 9.99. The zero-order chi connectivity index (χ0) is 18.0. The van der Waals surface area contributed by atoms with Crippen molar-refractivity contribution in [2.45, 2.75) is 25.4 Å². The van der Waals surface area contributed by atoms with Gasteiger partial charge >= 0.3 is 0 Å². The molecule has 4 nitrogen and oxygen atoms in total. The zero-order valence-electron chi connectivity index (χ0n) is 14.3. The van der Waals surface area contributed by atoms with Gasteiger partial charge in [0.2, 0.25) is 0 Å². The van der Waals surface area contributed by atoms with Crippen LogP contribution >= 0.6 is 0 Å². The van der Waals surface area contributed by atoms with E-state index in [1.807, 2.05) is 7.05 Å². The van der Waals surface area contributed by atoms with Crippen LogP contribution in [0.15, 0.2) is 48.5 Å². The van der Waals surface area contributed by atoms with Crippen LogP contribution in [0, 0.1) is 5.82 Å². The second-order valence-electron chi connectivity index (χ2n) is 6.48. The van der Waals surface area contributed by atoms with Crippen molar-refractivity contribution in [2.75, 3.05) is 13.6 Å². The number of carbonyl (C=O) groups excluding carboxylic acids is 2. The van der Waals surface area contributed by atoms with E-state index in [9.17, 15) is 14.0 Å². The smallest absolute Gasteiger partial charge is 0.251 e. The van der Waals surface area contributed by atoms with Crippen LogP contribution in [0.1, 0.15) is 45.7 Å². The van der Waals surface area contributed by atoms with E-state index in [1.54, 1.807) is 36.4 Å². The van der Waals surface area contributed by atoms with Gasteiger partial charge in [0.1, 0.15) is 5.82 Å². The van der Waals surface area contributed by atoms with Crippen LogP contribution in [0.5, 0.6) is 0 Å². The first kappa shape index (κ1) is 17.3. The van der Waals surface area contributed by atoms with E-state index in [4.69, 9.17) is 0 Å². The van der Waals surface area contributed by atoms with Gasteiger partial charge in [0.25, 0.3) is 5.91 Å². The van der Waals surface area contributed by atoms with E-state index in [0.717, 1.165) is 18.5 Å². The summed E-state index contributed by atoms with van der Waals surface area (Å²) in [5.41, 5.74) is 2.09. The first-order valence-corrected chi connectivity index (χ1v) is 8.33. The summed E-state index contributed by atoms with van der Waals surface area (Å²) in [6.45, 7) is 2.35. The van der Waals surface area contributed by atoms with Crippen LogP contribution in [0.4, 0.5) is 4.39 Å². The molecule has 130 valence electrons. The lowest BCUT2D eigenvalue weighted by molar-refractivity contribution is 0.0926. The van der Waals surface area contributed by atoms with Crippen molar-refractivity contribution in [1.82, 2.24) is 10.2 Å². The van der Waals surface area contributed by atoms with Gasteiger partial charge in [-0.25, -0.2) is 4.39 Å². The molecule has 2 aromatic carbocycles. The predicted molar refractivity (Wildman–Crippen MR) is 94.1 cm³/mol. The number of likely N-dealkylation sites (tertiary alicyclic amines) is 1. The number of halogens is 1. The molecule has 1 amide bonds. The summed E-state index contributed by atoms with van der Waals surface area (Å²) in [6.07, 6.45) is 0.829. The lowest BCUT2D eigenvalue weighted by Gasteiger charge is -2.26. The van der Waals surface area contributed by atoms with Crippen molar-refractivity contribution >= 4 is 11.7 Å². The summed E-state index contributed by atoms with van der Waals surface area (Å²) in [5, 5.41) is 3.08. The molecule has 0 saturated carbocycles. The van der Waals surface area contributed by atoms with Gasteiger partial charge in [0.15, 0.2) is 5.78 Å². The van der Waals surface area contributed by atoms with Gasteiger partial charge in [0, 0.05) is 17.7 Å².